The minimum Gasteiger partial charge on any atom is -0.486 e. The van der Waals surface area contributed by atoms with Crippen LogP contribution in [0.5, 0.6) is 5.75 Å². The second-order valence-corrected chi connectivity index (χ2v) is 5.51. The quantitative estimate of drug-likeness (QED) is 0.705. The molecular weight excluding hydrogens is 354 g/mol. The van der Waals surface area contributed by atoms with Gasteiger partial charge in [0.15, 0.2) is 5.75 Å². The van der Waals surface area contributed by atoms with Crippen molar-refractivity contribution in [2.24, 2.45) is 0 Å². The molecule has 0 fully saturated rings. The van der Waals surface area contributed by atoms with Gasteiger partial charge in [0.1, 0.15) is 12.4 Å². The molecule has 116 valence electrons. The van der Waals surface area contributed by atoms with Gasteiger partial charge in [-0.1, -0.05) is 40.9 Å². The van der Waals surface area contributed by atoms with Gasteiger partial charge in [-0.2, -0.15) is 0 Å². The first kappa shape index (κ1) is 16.9. The van der Waals surface area contributed by atoms with Crippen LogP contribution in [0.3, 0.4) is 0 Å². The van der Waals surface area contributed by atoms with E-state index in [9.17, 15) is 9.18 Å². The maximum Gasteiger partial charge on any atom is 0.337 e. The highest BCUT2D eigenvalue weighted by atomic mass is 35.5. The topological polar surface area (TPSA) is 35.5 Å². The Morgan fingerprint density at radius 1 is 1.09 bits per heavy atom. The molecule has 0 spiro atoms. The number of esters is 1. The number of ether oxygens (including phenoxy) is 2. The Labute approximate surface area is 141 Å². The summed E-state index contributed by atoms with van der Waals surface area (Å²) in [5.41, 5.74) is 0.789. The van der Waals surface area contributed by atoms with Crippen molar-refractivity contribution in [3.8, 4) is 5.75 Å². The fourth-order valence-corrected chi connectivity index (χ4v) is 2.54. The SMILES string of the molecule is COC(=O)c1cc(Cl)c(OCc2ccc(F)cc2Cl)c(Cl)c1. The smallest absolute Gasteiger partial charge is 0.337 e. The third-order valence-corrected chi connectivity index (χ3v) is 3.72. The van der Waals surface area contributed by atoms with Crippen LogP contribution in [-0.4, -0.2) is 13.1 Å². The number of hydrogen-bond acceptors (Lipinski definition) is 3. The van der Waals surface area contributed by atoms with E-state index in [2.05, 4.69) is 4.74 Å². The van der Waals surface area contributed by atoms with E-state index in [0.29, 0.717) is 5.56 Å². The maximum atomic E-state index is 13.0. The number of hydrogen-bond donors (Lipinski definition) is 0. The standard InChI is InChI=1S/C15H10Cl3FO3/c1-21-15(20)9-4-12(17)14(13(18)5-9)22-7-8-2-3-10(19)6-11(8)16/h2-6H,7H2,1H3. The van der Waals surface area contributed by atoms with E-state index in [1.807, 2.05) is 0 Å². The zero-order valence-corrected chi connectivity index (χ0v) is 13.6. The molecule has 3 nitrogen and oxygen atoms in total. The summed E-state index contributed by atoms with van der Waals surface area (Å²) >= 11 is 18.0. The lowest BCUT2D eigenvalue weighted by molar-refractivity contribution is 0.0600. The molecule has 0 amide bonds. The molecule has 0 saturated heterocycles. The molecule has 0 saturated carbocycles. The monoisotopic (exact) mass is 362 g/mol. The number of halogens is 4. The van der Waals surface area contributed by atoms with Crippen LogP contribution >= 0.6 is 34.8 Å². The zero-order valence-electron chi connectivity index (χ0n) is 11.3. The molecule has 0 aliphatic heterocycles. The van der Waals surface area contributed by atoms with Crippen LogP contribution in [0.15, 0.2) is 30.3 Å². The van der Waals surface area contributed by atoms with Gasteiger partial charge in [0.25, 0.3) is 0 Å². The van der Waals surface area contributed by atoms with Crippen LogP contribution in [0.2, 0.25) is 15.1 Å². The average molecular weight is 364 g/mol. The average Bonchev–Trinajstić information content (AvgIpc) is 2.47. The Morgan fingerprint density at radius 2 is 1.73 bits per heavy atom. The summed E-state index contributed by atoms with van der Waals surface area (Å²) in [4.78, 5) is 11.5. The van der Waals surface area contributed by atoms with Crippen LogP contribution in [-0.2, 0) is 11.3 Å². The molecule has 0 unspecified atom stereocenters. The number of carbonyl (C=O) groups is 1. The Balaban J connectivity index is 2.21. The van der Waals surface area contributed by atoms with Gasteiger partial charge < -0.3 is 9.47 Å². The number of methoxy groups -OCH3 is 1. The fraction of sp³-hybridized carbons (Fsp3) is 0.133. The normalized spacial score (nSPS) is 10.4. The van der Waals surface area contributed by atoms with Crippen LogP contribution in [0.4, 0.5) is 4.39 Å². The van der Waals surface area contributed by atoms with Crippen LogP contribution in [0.1, 0.15) is 15.9 Å². The van der Waals surface area contributed by atoms with Gasteiger partial charge >= 0.3 is 5.97 Å². The molecule has 0 heterocycles. The van der Waals surface area contributed by atoms with Crippen LogP contribution in [0.25, 0.3) is 0 Å². The van der Waals surface area contributed by atoms with E-state index >= 15 is 0 Å². The molecule has 7 heteroatoms. The van der Waals surface area contributed by atoms with Gasteiger partial charge in [-0.25, -0.2) is 9.18 Å². The molecule has 0 N–H and O–H groups in total. The minimum absolute atomic E-state index is 0.0517. The summed E-state index contributed by atoms with van der Waals surface area (Å²) in [6.07, 6.45) is 0. The minimum atomic E-state index is -0.558. The van der Waals surface area contributed by atoms with Crippen molar-refractivity contribution >= 4 is 40.8 Å². The molecule has 0 bridgehead atoms. The van der Waals surface area contributed by atoms with E-state index in [4.69, 9.17) is 39.5 Å². The first-order valence-corrected chi connectivity index (χ1v) is 7.20. The molecule has 0 radical (unpaired) electrons. The summed E-state index contributed by atoms with van der Waals surface area (Å²) in [6.45, 7) is 0.0517. The molecular formula is C15H10Cl3FO3. The second-order valence-electron chi connectivity index (χ2n) is 4.29. The molecule has 0 aliphatic rings. The third kappa shape index (κ3) is 3.83. The van der Waals surface area contributed by atoms with Crippen molar-refractivity contribution < 1.29 is 18.7 Å². The van der Waals surface area contributed by atoms with Gasteiger partial charge in [-0.3, -0.25) is 0 Å². The predicted molar refractivity (Wildman–Crippen MR) is 83.5 cm³/mol. The lowest BCUT2D eigenvalue weighted by Gasteiger charge is -2.12. The Hall–Kier alpha value is -1.49. The molecule has 2 aromatic rings. The summed E-state index contributed by atoms with van der Waals surface area (Å²) in [5, 5.41) is 0.552. The van der Waals surface area contributed by atoms with Gasteiger partial charge in [0.05, 0.1) is 27.7 Å². The highest BCUT2D eigenvalue weighted by Gasteiger charge is 2.15. The fourth-order valence-electron chi connectivity index (χ4n) is 1.72. The number of rotatable bonds is 4. The van der Waals surface area contributed by atoms with Crippen molar-refractivity contribution in [1.29, 1.82) is 0 Å². The van der Waals surface area contributed by atoms with Crippen molar-refractivity contribution in [1.82, 2.24) is 0 Å². The van der Waals surface area contributed by atoms with Crippen LogP contribution < -0.4 is 4.74 Å². The largest absolute Gasteiger partial charge is 0.486 e. The molecule has 22 heavy (non-hydrogen) atoms. The Bertz CT molecular complexity index is 696. The Morgan fingerprint density at radius 3 is 2.27 bits per heavy atom. The van der Waals surface area contributed by atoms with Gasteiger partial charge in [0.2, 0.25) is 0 Å². The first-order chi connectivity index (χ1) is 10.4. The van der Waals surface area contributed by atoms with E-state index in [1.54, 1.807) is 0 Å². The lowest BCUT2D eigenvalue weighted by atomic mass is 10.2. The van der Waals surface area contributed by atoms with E-state index in [0.717, 1.165) is 0 Å². The highest BCUT2D eigenvalue weighted by Crippen LogP contribution is 2.35. The number of benzene rings is 2. The second kappa shape index (κ2) is 7.18. The molecule has 0 aromatic heterocycles. The van der Waals surface area contributed by atoms with E-state index < -0.39 is 11.8 Å². The lowest BCUT2D eigenvalue weighted by Crippen LogP contribution is -2.03. The van der Waals surface area contributed by atoms with Crippen molar-refractivity contribution in [2.75, 3.05) is 7.11 Å². The maximum absolute atomic E-state index is 13.0. The molecule has 0 aliphatic carbocycles. The molecule has 2 rings (SSSR count). The highest BCUT2D eigenvalue weighted by molar-refractivity contribution is 6.37. The summed E-state index contributed by atoms with van der Waals surface area (Å²) in [7, 11) is 1.26. The molecule has 2 aromatic carbocycles. The summed E-state index contributed by atoms with van der Waals surface area (Å²) in [6, 6.07) is 6.74. The first-order valence-electron chi connectivity index (χ1n) is 6.06. The zero-order chi connectivity index (χ0) is 16.3. The van der Waals surface area contributed by atoms with E-state index in [1.165, 1.54) is 37.4 Å². The molecule has 0 atom stereocenters. The summed E-state index contributed by atoms with van der Waals surface area (Å²) in [5.74, 6) is -0.791. The number of carbonyl (C=O) groups excluding carboxylic acids is 1. The van der Waals surface area contributed by atoms with Gasteiger partial charge in [-0.15, -0.1) is 0 Å². The van der Waals surface area contributed by atoms with E-state index in [-0.39, 0.29) is 33.0 Å². The summed E-state index contributed by atoms with van der Waals surface area (Å²) < 4.78 is 23.1. The Kier molecular flexibility index (Phi) is 5.51. The third-order valence-electron chi connectivity index (χ3n) is 2.81. The predicted octanol–water partition coefficient (Wildman–Crippen LogP) is 5.15. The van der Waals surface area contributed by atoms with Gasteiger partial charge in [-0.05, 0) is 24.3 Å². The van der Waals surface area contributed by atoms with Crippen LogP contribution in [0, 0.1) is 5.82 Å². The van der Waals surface area contributed by atoms with Crippen molar-refractivity contribution in [3.05, 3.63) is 62.3 Å². The van der Waals surface area contributed by atoms with Crippen molar-refractivity contribution in [2.45, 2.75) is 6.61 Å². The van der Waals surface area contributed by atoms with Crippen molar-refractivity contribution in [3.63, 3.8) is 0 Å². The van der Waals surface area contributed by atoms with Gasteiger partial charge in [0, 0.05) is 5.56 Å².